The Bertz CT molecular complexity index is 2370. The molecule has 1 saturated heterocycles. The fourth-order valence-corrected chi connectivity index (χ4v) is 16.3. The van der Waals surface area contributed by atoms with Gasteiger partial charge in [-0.05, 0) is 88.4 Å². The molecule has 15 heteroatoms. The van der Waals surface area contributed by atoms with Gasteiger partial charge in [0.2, 0.25) is 8.32 Å². The first-order valence-electron chi connectivity index (χ1n) is 23.2. The molecule has 5 atom stereocenters. The van der Waals surface area contributed by atoms with Gasteiger partial charge in [-0.1, -0.05) is 132 Å². The van der Waals surface area contributed by atoms with E-state index in [9.17, 15) is 8.42 Å². The summed E-state index contributed by atoms with van der Waals surface area (Å²) in [6.45, 7) is 15.4. The Kier molecular flexibility index (Phi) is 18.9. The minimum Gasteiger partial charge on any atom is -0.497 e. The number of hydrogen-bond acceptors (Lipinski definition) is 10. The van der Waals surface area contributed by atoms with Gasteiger partial charge in [0.05, 0.1) is 43.9 Å². The lowest BCUT2D eigenvalue weighted by atomic mass is 9.98. The van der Waals surface area contributed by atoms with Gasteiger partial charge in [-0.2, -0.15) is 0 Å². The molecule has 13 nitrogen and oxygen atoms in total. The molecule has 356 valence electrons. The molecule has 1 aliphatic rings. The third-order valence-corrected chi connectivity index (χ3v) is 20.4. The average Bonchev–Trinajstić information content (AvgIpc) is 3.70. The first kappa shape index (κ1) is 50.9. The quantitative estimate of drug-likeness (QED) is 0.0173. The third-order valence-electron chi connectivity index (χ3n) is 12.6. The maximum atomic E-state index is 14.0. The molecule has 4 aromatic carbocycles. The smallest absolute Gasteiger partial charge is 0.268 e. The molecule has 0 radical (unpaired) electrons. The minimum absolute atomic E-state index is 0.199. The lowest BCUT2D eigenvalue weighted by molar-refractivity contribution is -0.315. The number of fused-ring (bicyclic) bond motifs is 1. The molecule has 0 N–H and O–H groups in total. The van der Waals surface area contributed by atoms with Crippen molar-refractivity contribution in [2.45, 2.75) is 133 Å². The van der Waals surface area contributed by atoms with Crippen LogP contribution in [0.5, 0.6) is 5.75 Å². The molecule has 66 heavy (non-hydrogen) atoms. The summed E-state index contributed by atoms with van der Waals surface area (Å²) < 4.78 is 76.9. The van der Waals surface area contributed by atoms with Crippen LogP contribution in [0.2, 0.25) is 16.6 Å². The van der Waals surface area contributed by atoms with Crippen molar-refractivity contribution in [1.82, 2.24) is 3.97 Å². The Morgan fingerprint density at radius 3 is 2.00 bits per heavy atom. The second-order valence-electron chi connectivity index (χ2n) is 17.8. The Labute approximate surface area is 392 Å². The van der Waals surface area contributed by atoms with E-state index >= 15 is 0 Å². The molecule has 0 bridgehead atoms. The van der Waals surface area contributed by atoms with E-state index in [1.165, 1.54) is 3.97 Å². The van der Waals surface area contributed by atoms with Gasteiger partial charge in [-0.15, -0.1) is 0 Å². The van der Waals surface area contributed by atoms with E-state index in [0.29, 0.717) is 31.7 Å². The second-order valence-corrected chi connectivity index (χ2v) is 25.0. The summed E-state index contributed by atoms with van der Waals surface area (Å²) in [6.07, 6.45) is 1.00. The van der Waals surface area contributed by atoms with E-state index < -0.39 is 49.0 Å². The van der Waals surface area contributed by atoms with Crippen LogP contribution in [0.25, 0.3) is 21.3 Å². The molecule has 0 unspecified atom stereocenters. The van der Waals surface area contributed by atoms with Crippen LogP contribution >= 0.6 is 0 Å². The predicted octanol–water partition coefficient (Wildman–Crippen LogP) is 11.4. The van der Waals surface area contributed by atoms with Crippen molar-refractivity contribution >= 4 is 29.2 Å². The number of azide groups is 1. The molecular weight excluding hydrogens is 873 g/mol. The first-order valence-corrected chi connectivity index (χ1v) is 26.8. The van der Waals surface area contributed by atoms with E-state index in [2.05, 4.69) is 51.6 Å². The van der Waals surface area contributed by atoms with Crippen molar-refractivity contribution in [1.29, 1.82) is 0 Å². The molecule has 0 amide bonds. The molecule has 5 aromatic rings. The zero-order valence-corrected chi connectivity index (χ0v) is 41.3. The highest BCUT2D eigenvalue weighted by atomic mass is 32.2. The highest BCUT2D eigenvalue weighted by molar-refractivity contribution is 7.90. The van der Waals surface area contributed by atoms with Gasteiger partial charge in [0, 0.05) is 29.6 Å². The van der Waals surface area contributed by atoms with Crippen molar-refractivity contribution < 1.29 is 41.3 Å². The van der Waals surface area contributed by atoms with Crippen LogP contribution in [0.4, 0.5) is 0 Å². The molecular formula is C51H68N4O9SSi. The van der Waals surface area contributed by atoms with E-state index in [4.69, 9.17) is 38.4 Å². The van der Waals surface area contributed by atoms with Crippen LogP contribution < -0.4 is 4.74 Å². The Morgan fingerprint density at radius 1 is 0.727 bits per heavy atom. The zero-order chi connectivity index (χ0) is 47.1. The topological polar surface area (TPSA) is 152 Å². The van der Waals surface area contributed by atoms with Gasteiger partial charge >= 0.3 is 0 Å². The average molecular weight is 941 g/mol. The summed E-state index contributed by atoms with van der Waals surface area (Å²) in [6, 6.07) is 33.9. The second kappa shape index (κ2) is 24.5. The monoisotopic (exact) mass is 940 g/mol. The summed E-state index contributed by atoms with van der Waals surface area (Å²) >= 11 is 0. The van der Waals surface area contributed by atoms with Gasteiger partial charge in [0.1, 0.15) is 30.2 Å². The van der Waals surface area contributed by atoms with E-state index in [1.54, 1.807) is 43.6 Å². The number of aromatic nitrogens is 1. The number of methoxy groups -OCH3 is 1. The normalized spacial score (nSPS) is 19.2. The molecule has 2 heterocycles. The summed E-state index contributed by atoms with van der Waals surface area (Å²) in [5.41, 5.74) is 12.8. The van der Waals surface area contributed by atoms with Gasteiger partial charge < -0.3 is 32.8 Å². The third kappa shape index (κ3) is 12.5. The molecule has 6 rings (SSSR count). The standard InChI is InChI=1S/C51H68N4O9SSi/c1-37(2)66(38(3)4,39(5)6)64-50-49(62-34-40-19-11-8-12-20-40)48(61-35-41-25-27-43(58-7)28-26-41)47(36-59-31-18-10-17-30-53-54-52)63-51(50)60-32-29-42-33-55(46-24-16-15-23-45(42)46)65(56,57)44-21-13-9-14-22-44/h8-9,11-16,19-28,33,37-39,47-51H,10,17-18,29-32,34-36H2,1-7H3/t47-,48-,49+,50-,51-/m1/s1. The van der Waals surface area contributed by atoms with Crippen molar-refractivity contribution in [3.05, 3.63) is 143 Å². The largest absolute Gasteiger partial charge is 0.497 e. The van der Waals surface area contributed by atoms with Crippen molar-refractivity contribution in [3.63, 3.8) is 0 Å². The summed E-state index contributed by atoms with van der Waals surface area (Å²) in [4.78, 5) is 3.08. The van der Waals surface area contributed by atoms with Crippen LogP contribution in [0, 0.1) is 0 Å². The van der Waals surface area contributed by atoms with Crippen LogP contribution in [-0.2, 0) is 57.8 Å². The maximum absolute atomic E-state index is 14.0. The van der Waals surface area contributed by atoms with Gasteiger partial charge in [-0.3, -0.25) is 0 Å². The van der Waals surface area contributed by atoms with Crippen LogP contribution in [0.15, 0.2) is 125 Å². The summed E-state index contributed by atoms with van der Waals surface area (Å²) in [5.74, 6) is 0.753. The number of nitrogens with zero attached hydrogens (tertiary/aromatic N) is 4. The fourth-order valence-electron chi connectivity index (χ4n) is 9.40. The first-order chi connectivity index (χ1) is 31.9. The van der Waals surface area contributed by atoms with E-state index in [1.807, 2.05) is 78.9 Å². The van der Waals surface area contributed by atoms with Gasteiger partial charge in [-0.25, -0.2) is 12.4 Å². The summed E-state index contributed by atoms with van der Waals surface area (Å²) in [5, 5.41) is 4.49. The Morgan fingerprint density at radius 2 is 1.35 bits per heavy atom. The summed E-state index contributed by atoms with van der Waals surface area (Å²) in [7, 11) is -4.87. The highest BCUT2D eigenvalue weighted by Crippen LogP contribution is 2.45. The van der Waals surface area contributed by atoms with Crippen molar-refractivity contribution in [2.75, 3.05) is 33.5 Å². The van der Waals surface area contributed by atoms with E-state index in [0.717, 1.165) is 47.1 Å². The van der Waals surface area contributed by atoms with Crippen molar-refractivity contribution in [2.24, 2.45) is 5.11 Å². The predicted molar refractivity (Wildman–Crippen MR) is 260 cm³/mol. The van der Waals surface area contributed by atoms with Crippen LogP contribution in [0.3, 0.4) is 0 Å². The van der Waals surface area contributed by atoms with Crippen LogP contribution in [-0.4, -0.2) is 84.9 Å². The number of para-hydroxylation sites is 1. The lowest BCUT2D eigenvalue weighted by Gasteiger charge is -2.51. The Balaban J connectivity index is 1.37. The van der Waals surface area contributed by atoms with Crippen molar-refractivity contribution in [3.8, 4) is 5.75 Å². The van der Waals surface area contributed by atoms with E-state index in [-0.39, 0.29) is 41.3 Å². The SMILES string of the molecule is COc1ccc(CO[C@H]2[C@H](OCc3ccccc3)[C@@H](O[Si](C(C)C)(C(C)C)C(C)C)[C@H](OCCc3cn(S(=O)(=O)c4ccccc4)c4ccccc34)O[C@@H]2COCCCCCN=[N+]=[N-])cc1. The molecule has 1 fully saturated rings. The molecule has 1 aromatic heterocycles. The number of rotatable bonds is 26. The van der Waals surface area contributed by atoms with Crippen LogP contribution in [0.1, 0.15) is 77.5 Å². The number of unbranched alkanes of at least 4 members (excludes halogenated alkanes) is 2. The molecule has 0 spiro atoms. The Hall–Kier alpha value is -4.54. The fraction of sp³-hybridized carbons (Fsp3) is 0.490. The highest BCUT2D eigenvalue weighted by Gasteiger charge is 2.55. The van der Waals surface area contributed by atoms with Gasteiger partial charge in [0.25, 0.3) is 10.0 Å². The zero-order valence-electron chi connectivity index (χ0n) is 39.5. The number of benzene rings is 4. The molecule has 0 aliphatic carbocycles. The molecule has 1 aliphatic heterocycles. The number of hydrogen-bond donors (Lipinski definition) is 0. The van der Waals surface area contributed by atoms with Gasteiger partial charge in [0.15, 0.2) is 6.29 Å². The molecule has 0 saturated carbocycles. The maximum Gasteiger partial charge on any atom is 0.268 e. The lowest BCUT2D eigenvalue weighted by Crippen LogP contribution is -2.65. The minimum atomic E-state index is -3.88. The number of ether oxygens (including phenoxy) is 6.